The Labute approximate surface area is 134 Å². The average molecular weight is 307 g/mol. The van der Waals surface area contributed by atoms with Gasteiger partial charge >= 0.3 is 0 Å². The first-order chi connectivity index (χ1) is 10.6. The fourth-order valence-electron chi connectivity index (χ4n) is 2.93. The standard InChI is InChI=1S/C19H30FNO/c1-4-10-16(6-3)12-13-17(18(20)11-5-2)19(22)21-14-8-7-9-15-21/h5,11,13,16H,2,4,6-10,12,14-15H2,1,3H3/b17-13+,18-11+. The largest absolute Gasteiger partial charge is 0.339 e. The van der Waals surface area contributed by atoms with Crippen molar-refractivity contribution >= 4 is 5.91 Å². The van der Waals surface area contributed by atoms with Crippen LogP contribution in [0.5, 0.6) is 0 Å². The second-order valence-corrected chi connectivity index (χ2v) is 6.02. The molecule has 0 spiro atoms. The van der Waals surface area contributed by atoms with Crippen molar-refractivity contribution in [2.75, 3.05) is 13.1 Å². The number of likely N-dealkylation sites (tertiary alicyclic amines) is 1. The maximum atomic E-state index is 14.3. The van der Waals surface area contributed by atoms with Crippen molar-refractivity contribution in [3.8, 4) is 0 Å². The predicted molar refractivity (Wildman–Crippen MR) is 91.2 cm³/mol. The molecule has 0 aromatic carbocycles. The molecule has 1 aliphatic heterocycles. The van der Waals surface area contributed by atoms with Crippen LogP contribution in [0.15, 0.2) is 36.2 Å². The molecular weight excluding hydrogens is 277 g/mol. The van der Waals surface area contributed by atoms with E-state index < -0.39 is 5.83 Å². The summed E-state index contributed by atoms with van der Waals surface area (Å²) in [5.74, 6) is -0.107. The highest BCUT2D eigenvalue weighted by atomic mass is 19.1. The van der Waals surface area contributed by atoms with Crippen LogP contribution in [-0.4, -0.2) is 23.9 Å². The van der Waals surface area contributed by atoms with Gasteiger partial charge in [-0.1, -0.05) is 51.8 Å². The molecule has 0 N–H and O–H groups in total. The van der Waals surface area contributed by atoms with E-state index >= 15 is 0 Å². The van der Waals surface area contributed by atoms with Crippen molar-refractivity contribution in [3.05, 3.63) is 36.2 Å². The fraction of sp³-hybridized carbons (Fsp3) is 0.632. The van der Waals surface area contributed by atoms with E-state index in [2.05, 4.69) is 20.4 Å². The van der Waals surface area contributed by atoms with Gasteiger partial charge in [-0.3, -0.25) is 4.79 Å². The second-order valence-electron chi connectivity index (χ2n) is 6.02. The summed E-state index contributed by atoms with van der Waals surface area (Å²) in [5.41, 5.74) is 0.219. The molecular formula is C19H30FNO. The molecule has 1 amide bonds. The van der Waals surface area contributed by atoms with Crippen molar-refractivity contribution in [1.82, 2.24) is 4.90 Å². The van der Waals surface area contributed by atoms with Crippen LogP contribution in [-0.2, 0) is 4.79 Å². The number of hydrogen-bond donors (Lipinski definition) is 0. The lowest BCUT2D eigenvalue weighted by Crippen LogP contribution is -2.36. The fourth-order valence-corrected chi connectivity index (χ4v) is 2.93. The number of carbonyl (C=O) groups excluding carboxylic acids is 1. The first kappa shape index (κ1) is 18.7. The van der Waals surface area contributed by atoms with Crippen molar-refractivity contribution in [2.24, 2.45) is 5.92 Å². The van der Waals surface area contributed by atoms with Crippen LogP contribution < -0.4 is 0 Å². The minimum Gasteiger partial charge on any atom is -0.339 e. The third kappa shape index (κ3) is 5.78. The van der Waals surface area contributed by atoms with Crippen LogP contribution in [0, 0.1) is 5.92 Å². The van der Waals surface area contributed by atoms with Crippen LogP contribution in [0.1, 0.15) is 58.8 Å². The summed E-state index contributed by atoms with van der Waals surface area (Å²) in [6.45, 7) is 9.31. The Balaban J connectivity index is 2.88. The topological polar surface area (TPSA) is 20.3 Å². The number of nitrogens with zero attached hydrogens (tertiary/aromatic N) is 1. The van der Waals surface area contributed by atoms with E-state index in [1.54, 1.807) is 11.0 Å². The molecule has 3 heteroatoms. The van der Waals surface area contributed by atoms with E-state index in [0.717, 1.165) is 58.0 Å². The van der Waals surface area contributed by atoms with E-state index in [1.165, 1.54) is 12.2 Å². The zero-order chi connectivity index (χ0) is 16.4. The lowest BCUT2D eigenvalue weighted by molar-refractivity contribution is -0.127. The zero-order valence-corrected chi connectivity index (χ0v) is 14.1. The van der Waals surface area contributed by atoms with Gasteiger partial charge in [-0.05, 0) is 37.7 Å². The zero-order valence-electron chi connectivity index (χ0n) is 14.1. The summed E-state index contributed by atoms with van der Waals surface area (Å²) in [7, 11) is 0. The number of allylic oxidation sites excluding steroid dienone is 3. The van der Waals surface area contributed by atoms with E-state index in [4.69, 9.17) is 0 Å². The van der Waals surface area contributed by atoms with Gasteiger partial charge in [0.15, 0.2) is 0 Å². The Hall–Kier alpha value is -1.38. The van der Waals surface area contributed by atoms with Gasteiger partial charge in [0.1, 0.15) is 5.83 Å². The van der Waals surface area contributed by atoms with Crippen LogP contribution >= 0.6 is 0 Å². The van der Waals surface area contributed by atoms with E-state index in [9.17, 15) is 9.18 Å². The van der Waals surface area contributed by atoms with E-state index in [-0.39, 0.29) is 11.5 Å². The van der Waals surface area contributed by atoms with Gasteiger partial charge in [0.25, 0.3) is 5.91 Å². The lowest BCUT2D eigenvalue weighted by Gasteiger charge is -2.27. The molecule has 1 saturated heterocycles. The lowest BCUT2D eigenvalue weighted by atomic mass is 9.95. The number of piperidine rings is 1. The normalized spacial score (nSPS) is 18.2. The second kappa shape index (κ2) is 10.4. The van der Waals surface area contributed by atoms with Crippen molar-refractivity contribution in [2.45, 2.75) is 58.8 Å². The Bertz CT molecular complexity index is 419. The molecule has 22 heavy (non-hydrogen) atoms. The van der Waals surface area contributed by atoms with Crippen LogP contribution in [0.2, 0.25) is 0 Å². The SMILES string of the molecule is C=C/C=C(F)\C(=C/CC(CC)CCC)C(=O)N1CCCCC1. The molecule has 124 valence electrons. The Morgan fingerprint density at radius 3 is 2.50 bits per heavy atom. The number of carbonyl (C=O) groups is 1. The van der Waals surface area contributed by atoms with Gasteiger partial charge in [0.05, 0.1) is 5.57 Å². The van der Waals surface area contributed by atoms with Crippen molar-refractivity contribution < 1.29 is 9.18 Å². The Kier molecular flexibility index (Phi) is 8.79. The summed E-state index contributed by atoms with van der Waals surface area (Å²) in [6, 6.07) is 0. The van der Waals surface area contributed by atoms with Gasteiger partial charge in [0, 0.05) is 13.1 Å². The minimum absolute atomic E-state index is 0.165. The Morgan fingerprint density at radius 2 is 1.95 bits per heavy atom. The van der Waals surface area contributed by atoms with Gasteiger partial charge in [-0.15, -0.1) is 0 Å². The van der Waals surface area contributed by atoms with E-state index in [1.807, 2.05) is 0 Å². The smallest absolute Gasteiger partial charge is 0.256 e. The molecule has 1 fully saturated rings. The summed E-state index contributed by atoms with van der Waals surface area (Å²) in [4.78, 5) is 14.4. The third-order valence-corrected chi connectivity index (χ3v) is 4.32. The molecule has 0 aliphatic carbocycles. The minimum atomic E-state index is -0.461. The maximum Gasteiger partial charge on any atom is 0.256 e. The van der Waals surface area contributed by atoms with Crippen LogP contribution in [0.4, 0.5) is 4.39 Å². The van der Waals surface area contributed by atoms with E-state index in [0.29, 0.717) is 5.92 Å². The molecule has 0 aromatic heterocycles. The van der Waals surface area contributed by atoms with Crippen LogP contribution in [0.3, 0.4) is 0 Å². The molecule has 1 unspecified atom stereocenters. The molecule has 1 atom stereocenters. The molecule has 1 heterocycles. The first-order valence-electron chi connectivity index (χ1n) is 8.62. The highest BCUT2D eigenvalue weighted by Gasteiger charge is 2.23. The molecule has 0 radical (unpaired) electrons. The average Bonchev–Trinajstić information content (AvgIpc) is 2.54. The van der Waals surface area contributed by atoms with Crippen LogP contribution in [0.25, 0.3) is 0 Å². The number of halogens is 1. The summed E-state index contributed by atoms with van der Waals surface area (Å²) in [5, 5.41) is 0. The number of rotatable bonds is 8. The van der Waals surface area contributed by atoms with Gasteiger partial charge in [-0.25, -0.2) is 4.39 Å². The maximum absolute atomic E-state index is 14.3. The number of hydrogen-bond acceptors (Lipinski definition) is 1. The molecule has 1 aliphatic rings. The predicted octanol–water partition coefficient (Wildman–Crippen LogP) is 5.18. The van der Waals surface area contributed by atoms with Crippen molar-refractivity contribution in [3.63, 3.8) is 0 Å². The van der Waals surface area contributed by atoms with Gasteiger partial charge in [-0.2, -0.15) is 0 Å². The van der Waals surface area contributed by atoms with Gasteiger partial charge in [0.2, 0.25) is 0 Å². The highest BCUT2D eigenvalue weighted by molar-refractivity contribution is 5.97. The van der Waals surface area contributed by atoms with Gasteiger partial charge < -0.3 is 4.90 Å². The summed E-state index contributed by atoms with van der Waals surface area (Å²) in [6.07, 6.45) is 11.7. The third-order valence-electron chi connectivity index (χ3n) is 4.32. The highest BCUT2D eigenvalue weighted by Crippen LogP contribution is 2.23. The monoisotopic (exact) mass is 307 g/mol. The first-order valence-corrected chi connectivity index (χ1v) is 8.62. The summed E-state index contributed by atoms with van der Waals surface area (Å²) >= 11 is 0. The quantitative estimate of drug-likeness (QED) is 0.447. The molecule has 0 bridgehead atoms. The summed E-state index contributed by atoms with van der Waals surface area (Å²) < 4.78 is 14.3. The molecule has 0 aromatic rings. The molecule has 0 saturated carbocycles. The number of amides is 1. The van der Waals surface area contributed by atoms with Crippen molar-refractivity contribution in [1.29, 1.82) is 0 Å². The molecule has 1 rings (SSSR count). The Morgan fingerprint density at radius 1 is 1.27 bits per heavy atom. The molecule has 2 nitrogen and oxygen atoms in total.